The van der Waals surface area contributed by atoms with Crippen LogP contribution >= 0.6 is 23.1 Å². The number of thioether (sulfide) groups is 1. The predicted octanol–water partition coefficient (Wildman–Crippen LogP) is 6.83. The molecule has 0 saturated heterocycles. The van der Waals surface area contributed by atoms with Crippen molar-refractivity contribution >= 4 is 33.2 Å². The van der Waals surface area contributed by atoms with Crippen molar-refractivity contribution in [2.45, 2.75) is 31.1 Å². The van der Waals surface area contributed by atoms with Gasteiger partial charge in [-0.25, -0.2) is 0 Å². The molecule has 2 aromatic carbocycles. The molecule has 0 radical (unpaired) electrons. The molecule has 0 nitrogen and oxygen atoms in total. The molecule has 1 aliphatic heterocycles. The second kappa shape index (κ2) is 5.87. The van der Waals surface area contributed by atoms with Gasteiger partial charge in [-0.2, -0.15) is 0 Å². The maximum Gasteiger partial charge on any atom is 0.0387 e. The van der Waals surface area contributed by atoms with Crippen LogP contribution in [0, 0.1) is 0 Å². The average molecular weight is 373 g/mol. The number of fused-ring (bicyclic) bond motifs is 7. The third-order valence-electron chi connectivity index (χ3n) is 6.07. The summed E-state index contributed by atoms with van der Waals surface area (Å²) in [7, 11) is 0. The maximum absolute atomic E-state index is 2.49. The van der Waals surface area contributed by atoms with Gasteiger partial charge in [-0.05, 0) is 57.9 Å². The van der Waals surface area contributed by atoms with E-state index in [1.807, 2.05) is 11.3 Å². The van der Waals surface area contributed by atoms with Crippen molar-refractivity contribution in [2.24, 2.45) is 0 Å². The smallest absolute Gasteiger partial charge is 0.0387 e. The van der Waals surface area contributed by atoms with E-state index in [2.05, 4.69) is 72.4 Å². The Morgan fingerprint density at radius 2 is 1.92 bits per heavy atom. The van der Waals surface area contributed by atoms with Crippen LogP contribution in [0.4, 0.5) is 0 Å². The van der Waals surface area contributed by atoms with Crippen molar-refractivity contribution < 1.29 is 0 Å². The summed E-state index contributed by atoms with van der Waals surface area (Å²) >= 11 is 4.13. The zero-order valence-electron chi connectivity index (χ0n) is 14.6. The Kier molecular flexibility index (Phi) is 3.45. The zero-order valence-corrected chi connectivity index (χ0v) is 16.2. The zero-order chi connectivity index (χ0) is 17.1. The van der Waals surface area contributed by atoms with Gasteiger partial charge in [0, 0.05) is 27.2 Å². The second-order valence-electron chi connectivity index (χ2n) is 7.54. The van der Waals surface area contributed by atoms with Crippen molar-refractivity contribution in [3.63, 3.8) is 0 Å². The highest BCUT2D eigenvalue weighted by atomic mass is 32.2. The van der Waals surface area contributed by atoms with Crippen molar-refractivity contribution in [2.75, 3.05) is 5.75 Å². The topological polar surface area (TPSA) is 0 Å². The van der Waals surface area contributed by atoms with Crippen LogP contribution in [0.5, 0.6) is 0 Å². The molecule has 3 aromatic rings. The van der Waals surface area contributed by atoms with Crippen molar-refractivity contribution in [1.29, 1.82) is 0 Å². The molecule has 2 heteroatoms. The lowest BCUT2D eigenvalue weighted by atomic mass is 9.65. The molecule has 0 spiro atoms. The lowest BCUT2D eigenvalue weighted by molar-refractivity contribution is 0.633. The molecule has 2 heterocycles. The fourth-order valence-electron chi connectivity index (χ4n) is 4.78. The first-order valence-corrected chi connectivity index (χ1v) is 11.3. The SMILES string of the molecule is C1=CC2c3c(ccc4cc(CCc5ccccc5)sc34)C2C2=C1CCS2. The molecular weight excluding hydrogens is 352 g/mol. The summed E-state index contributed by atoms with van der Waals surface area (Å²) in [5.41, 5.74) is 6.27. The number of aryl methyl sites for hydroxylation is 2. The molecule has 1 aromatic heterocycles. The van der Waals surface area contributed by atoms with Crippen molar-refractivity contribution in [1.82, 2.24) is 0 Å². The summed E-state index contributed by atoms with van der Waals surface area (Å²) in [6, 6.07) is 18.1. The van der Waals surface area contributed by atoms with Gasteiger partial charge in [-0.3, -0.25) is 0 Å². The predicted molar refractivity (Wildman–Crippen MR) is 114 cm³/mol. The molecule has 128 valence electrons. The molecule has 3 aliphatic rings. The molecule has 2 aliphatic carbocycles. The Morgan fingerprint density at radius 1 is 1.00 bits per heavy atom. The average Bonchev–Trinajstić information content (AvgIpc) is 3.28. The molecule has 6 rings (SSSR count). The molecule has 26 heavy (non-hydrogen) atoms. The van der Waals surface area contributed by atoms with Gasteiger partial charge >= 0.3 is 0 Å². The monoisotopic (exact) mass is 372 g/mol. The van der Waals surface area contributed by atoms with E-state index in [-0.39, 0.29) is 0 Å². The van der Waals surface area contributed by atoms with Gasteiger partial charge in [0.2, 0.25) is 0 Å². The number of hydrogen-bond donors (Lipinski definition) is 0. The largest absolute Gasteiger partial charge is 0.140 e. The minimum absolute atomic E-state index is 0.624. The quantitative estimate of drug-likeness (QED) is 0.485. The first-order chi connectivity index (χ1) is 12.9. The first kappa shape index (κ1) is 15.3. The van der Waals surface area contributed by atoms with E-state index in [1.165, 1.54) is 28.0 Å². The number of thiophene rings is 1. The summed E-state index contributed by atoms with van der Waals surface area (Å²) in [5, 5.41) is 1.45. The molecule has 0 N–H and O–H groups in total. The van der Waals surface area contributed by atoms with Crippen LogP contribution in [0.15, 0.2) is 71.2 Å². The van der Waals surface area contributed by atoms with E-state index in [0.29, 0.717) is 11.8 Å². The molecule has 0 fully saturated rings. The molecule has 2 atom stereocenters. The molecule has 0 saturated carbocycles. The van der Waals surface area contributed by atoms with Crippen LogP contribution in [0.2, 0.25) is 0 Å². The normalized spacial score (nSPS) is 22.9. The Hall–Kier alpha value is -1.77. The molecular formula is C24H20S2. The van der Waals surface area contributed by atoms with E-state index in [0.717, 1.165) is 12.8 Å². The van der Waals surface area contributed by atoms with E-state index in [1.54, 1.807) is 26.3 Å². The summed E-state index contributed by atoms with van der Waals surface area (Å²) < 4.78 is 1.54. The number of allylic oxidation sites excluding steroid dienone is 4. The summed E-state index contributed by atoms with van der Waals surface area (Å²) in [6.07, 6.45) is 8.45. The lowest BCUT2D eigenvalue weighted by Crippen LogP contribution is -2.25. The minimum Gasteiger partial charge on any atom is -0.140 e. The van der Waals surface area contributed by atoms with Gasteiger partial charge in [0.25, 0.3) is 0 Å². The van der Waals surface area contributed by atoms with Crippen LogP contribution in [0.25, 0.3) is 10.1 Å². The Morgan fingerprint density at radius 3 is 2.85 bits per heavy atom. The highest BCUT2D eigenvalue weighted by Gasteiger charge is 2.43. The van der Waals surface area contributed by atoms with Crippen LogP contribution in [-0.4, -0.2) is 5.75 Å². The van der Waals surface area contributed by atoms with Crippen LogP contribution in [0.1, 0.15) is 39.8 Å². The van der Waals surface area contributed by atoms with Crippen LogP contribution in [0.3, 0.4) is 0 Å². The van der Waals surface area contributed by atoms with Gasteiger partial charge in [-0.15, -0.1) is 23.1 Å². The fourth-order valence-corrected chi connectivity index (χ4v) is 7.39. The van der Waals surface area contributed by atoms with E-state index in [4.69, 9.17) is 0 Å². The second-order valence-corrected chi connectivity index (χ2v) is 9.81. The molecule has 2 unspecified atom stereocenters. The van der Waals surface area contributed by atoms with Gasteiger partial charge in [0.1, 0.15) is 0 Å². The van der Waals surface area contributed by atoms with E-state index >= 15 is 0 Å². The third kappa shape index (κ3) is 2.22. The van der Waals surface area contributed by atoms with Crippen molar-refractivity contribution in [3.8, 4) is 0 Å². The van der Waals surface area contributed by atoms with Gasteiger partial charge in [-0.1, -0.05) is 54.6 Å². The highest BCUT2D eigenvalue weighted by molar-refractivity contribution is 8.03. The van der Waals surface area contributed by atoms with Crippen LogP contribution < -0.4 is 0 Å². The summed E-state index contributed by atoms with van der Waals surface area (Å²) in [6.45, 7) is 0. The lowest BCUT2D eigenvalue weighted by Gasteiger charge is -2.41. The Labute approximate surface area is 162 Å². The van der Waals surface area contributed by atoms with Gasteiger partial charge in [0.05, 0.1) is 0 Å². The van der Waals surface area contributed by atoms with Gasteiger partial charge in [0.15, 0.2) is 0 Å². The van der Waals surface area contributed by atoms with Gasteiger partial charge < -0.3 is 0 Å². The highest BCUT2D eigenvalue weighted by Crippen LogP contribution is 2.61. The third-order valence-corrected chi connectivity index (χ3v) is 8.55. The Bertz CT molecular complexity index is 1070. The molecule has 0 amide bonds. The summed E-state index contributed by atoms with van der Waals surface area (Å²) in [5.74, 6) is 2.56. The van der Waals surface area contributed by atoms with E-state index < -0.39 is 0 Å². The van der Waals surface area contributed by atoms with Crippen molar-refractivity contribution in [3.05, 3.63) is 92.7 Å². The van der Waals surface area contributed by atoms with E-state index in [9.17, 15) is 0 Å². The molecule has 0 bridgehead atoms. The first-order valence-electron chi connectivity index (χ1n) is 9.52. The number of hydrogen-bond acceptors (Lipinski definition) is 2. The standard InChI is InChI=1S/C24H20S2/c1-2-4-15(5-3-1)6-9-18-14-17-8-11-20-21-19(22(20)24(17)26-18)10-7-16-12-13-25-23(16)21/h1-5,7-8,10-11,14,19,21H,6,9,12-13H2. The number of rotatable bonds is 3. The Balaban J connectivity index is 1.35. The fraction of sp³-hybridized carbons (Fsp3) is 0.250. The maximum atomic E-state index is 2.49. The van der Waals surface area contributed by atoms with Crippen LogP contribution in [-0.2, 0) is 12.8 Å². The summed E-state index contributed by atoms with van der Waals surface area (Å²) in [4.78, 5) is 3.20. The minimum atomic E-state index is 0.624. The number of benzene rings is 2.